The first kappa shape index (κ1) is 19.3. The molecule has 0 atom stereocenters. The number of anilines is 1. The molecule has 4 rings (SSSR count). The number of carbonyl (C=O) groups is 1. The van der Waals surface area contributed by atoms with Crippen molar-refractivity contribution in [2.75, 3.05) is 11.9 Å². The second-order valence-electron chi connectivity index (χ2n) is 6.12. The van der Waals surface area contributed by atoms with Gasteiger partial charge in [-0.1, -0.05) is 24.3 Å². The highest BCUT2D eigenvalue weighted by Crippen LogP contribution is 2.37. The van der Waals surface area contributed by atoms with Crippen LogP contribution in [0.4, 0.5) is 9.39 Å². The molecule has 2 heterocycles. The molecule has 0 spiro atoms. The summed E-state index contributed by atoms with van der Waals surface area (Å²) in [5, 5.41) is 5.11. The van der Waals surface area contributed by atoms with E-state index in [0.717, 1.165) is 0 Å². The quantitative estimate of drug-likeness (QED) is 0.624. The number of carbonyl (C=O) groups excluding carboxylic acids is 1. The molecule has 148 valence electrons. The Morgan fingerprint density at radius 3 is 2.59 bits per heavy atom. The van der Waals surface area contributed by atoms with E-state index >= 15 is 0 Å². The van der Waals surface area contributed by atoms with E-state index in [2.05, 4.69) is 9.71 Å². The summed E-state index contributed by atoms with van der Waals surface area (Å²) in [4.78, 5) is 12.8. The van der Waals surface area contributed by atoms with Gasteiger partial charge in [0.25, 0.3) is 10.0 Å². The molecule has 0 fully saturated rings. The van der Waals surface area contributed by atoms with Crippen LogP contribution in [0.25, 0.3) is 11.1 Å². The summed E-state index contributed by atoms with van der Waals surface area (Å²) in [7, 11) is -3.80. The number of rotatable bonds is 4. The number of nitrogens with one attached hydrogen (secondary N) is 1. The summed E-state index contributed by atoms with van der Waals surface area (Å²) in [6, 6.07) is 12.2. The van der Waals surface area contributed by atoms with Gasteiger partial charge < -0.3 is 10.1 Å². The fourth-order valence-corrected chi connectivity index (χ4v) is 5.13. The van der Waals surface area contributed by atoms with Gasteiger partial charge in [0.15, 0.2) is 5.84 Å². The van der Waals surface area contributed by atoms with Gasteiger partial charge in [-0.2, -0.15) is 8.42 Å². The summed E-state index contributed by atoms with van der Waals surface area (Å²) >= 11 is 1.21. The van der Waals surface area contributed by atoms with Crippen LogP contribution in [0.15, 0.2) is 63.2 Å². The number of amidine groups is 1. The van der Waals surface area contributed by atoms with E-state index < -0.39 is 16.0 Å². The van der Waals surface area contributed by atoms with Gasteiger partial charge in [-0.3, -0.25) is 0 Å². The van der Waals surface area contributed by atoms with Crippen molar-refractivity contribution in [2.24, 2.45) is 4.40 Å². The Kier molecular flexibility index (Phi) is 4.93. The molecule has 1 N–H and O–H groups in total. The van der Waals surface area contributed by atoms with E-state index in [1.165, 1.54) is 29.5 Å². The minimum Gasteiger partial charge on any atom is -0.462 e. The van der Waals surface area contributed by atoms with Gasteiger partial charge in [-0.25, -0.2) is 9.18 Å². The molecule has 0 radical (unpaired) electrons. The molecule has 0 saturated carbocycles. The molecule has 1 aliphatic rings. The molecule has 6 nitrogen and oxygen atoms in total. The fourth-order valence-electron chi connectivity index (χ4n) is 3.00. The third-order valence-electron chi connectivity index (χ3n) is 4.29. The molecule has 2 aromatic carbocycles. The van der Waals surface area contributed by atoms with Gasteiger partial charge in [0.2, 0.25) is 0 Å². The van der Waals surface area contributed by atoms with E-state index in [1.54, 1.807) is 42.6 Å². The third kappa shape index (κ3) is 3.54. The number of esters is 1. The van der Waals surface area contributed by atoms with Crippen molar-refractivity contribution in [3.63, 3.8) is 0 Å². The summed E-state index contributed by atoms with van der Waals surface area (Å²) in [5.74, 6) is -0.814. The Balaban J connectivity index is 1.79. The first-order valence-corrected chi connectivity index (χ1v) is 11.0. The molecule has 0 saturated heterocycles. The number of ether oxygens (including phenoxy) is 1. The Bertz CT molecular complexity index is 1230. The lowest BCUT2D eigenvalue weighted by molar-refractivity contribution is 0.0529. The second kappa shape index (κ2) is 7.41. The normalized spacial score (nSPS) is 14.2. The molecule has 1 aliphatic heterocycles. The highest BCUT2D eigenvalue weighted by molar-refractivity contribution is 7.90. The van der Waals surface area contributed by atoms with Crippen molar-refractivity contribution in [3.05, 3.63) is 70.9 Å². The number of hydrogen-bond donors (Lipinski definition) is 1. The number of sulfonamides is 1. The molecule has 9 heteroatoms. The maximum Gasteiger partial charge on any atom is 0.341 e. The number of benzene rings is 2. The highest BCUT2D eigenvalue weighted by Gasteiger charge is 2.30. The molecular formula is C20H15FN2O4S2. The Labute approximate surface area is 170 Å². The Morgan fingerprint density at radius 2 is 1.86 bits per heavy atom. The van der Waals surface area contributed by atoms with E-state index in [0.29, 0.717) is 21.7 Å². The molecule has 1 aromatic heterocycles. The van der Waals surface area contributed by atoms with Crippen LogP contribution in [0.2, 0.25) is 0 Å². The van der Waals surface area contributed by atoms with Gasteiger partial charge in [-0.05, 0) is 36.8 Å². The van der Waals surface area contributed by atoms with E-state index in [9.17, 15) is 17.6 Å². The smallest absolute Gasteiger partial charge is 0.341 e. The first-order valence-electron chi connectivity index (χ1n) is 8.66. The maximum absolute atomic E-state index is 13.3. The molecule has 29 heavy (non-hydrogen) atoms. The van der Waals surface area contributed by atoms with Crippen molar-refractivity contribution in [3.8, 4) is 11.1 Å². The maximum atomic E-state index is 13.3. The van der Waals surface area contributed by atoms with Crippen LogP contribution in [-0.2, 0) is 14.8 Å². The number of nitrogens with zero attached hydrogens (tertiary/aromatic N) is 1. The minimum absolute atomic E-state index is 0.107. The predicted octanol–water partition coefficient (Wildman–Crippen LogP) is 4.29. The lowest BCUT2D eigenvalue weighted by Crippen LogP contribution is -2.14. The van der Waals surface area contributed by atoms with Crippen LogP contribution in [-0.4, -0.2) is 26.8 Å². The van der Waals surface area contributed by atoms with Crippen molar-refractivity contribution < 1.29 is 22.3 Å². The molecule has 0 bridgehead atoms. The number of thiophene rings is 1. The fraction of sp³-hybridized carbons (Fsp3) is 0.100. The van der Waals surface area contributed by atoms with Gasteiger partial charge in [0, 0.05) is 16.5 Å². The van der Waals surface area contributed by atoms with Crippen LogP contribution < -0.4 is 5.32 Å². The molecule has 0 amide bonds. The van der Waals surface area contributed by atoms with Gasteiger partial charge in [0.05, 0.1) is 6.61 Å². The summed E-state index contributed by atoms with van der Waals surface area (Å²) < 4.78 is 46.9. The number of halogens is 1. The zero-order valence-corrected chi connectivity index (χ0v) is 16.8. The van der Waals surface area contributed by atoms with Gasteiger partial charge in [-0.15, -0.1) is 15.7 Å². The molecule has 0 aliphatic carbocycles. The Hall–Kier alpha value is -3.04. The van der Waals surface area contributed by atoms with E-state index in [-0.39, 0.29) is 28.7 Å². The predicted molar refractivity (Wildman–Crippen MR) is 109 cm³/mol. The number of fused-ring (bicyclic) bond motifs is 1. The standard InChI is InChI=1S/C20H15FN2O4S2/c1-2-27-20(24)17-15(12-7-9-13(21)10-8-12)11-28-19(17)22-18-14-5-3-4-6-16(14)29(25,26)23-18/h3-11H,2H2,1H3,(H,22,23). The van der Waals surface area contributed by atoms with Crippen LogP contribution in [0.1, 0.15) is 22.8 Å². The zero-order valence-electron chi connectivity index (χ0n) is 15.2. The summed E-state index contributed by atoms with van der Waals surface area (Å²) in [6.45, 7) is 1.87. The summed E-state index contributed by atoms with van der Waals surface area (Å²) in [5.41, 5.74) is 1.87. The van der Waals surface area contributed by atoms with Crippen LogP contribution in [0, 0.1) is 5.82 Å². The summed E-state index contributed by atoms with van der Waals surface area (Å²) in [6.07, 6.45) is 0. The van der Waals surface area contributed by atoms with Crippen molar-refractivity contribution in [1.29, 1.82) is 0 Å². The van der Waals surface area contributed by atoms with Gasteiger partial charge >= 0.3 is 5.97 Å². The van der Waals surface area contributed by atoms with Crippen LogP contribution in [0.5, 0.6) is 0 Å². The number of hydrogen-bond acceptors (Lipinski definition) is 6. The first-order chi connectivity index (χ1) is 13.9. The monoisotopic (exact) mass is 430 g/mol. The van der Waals surface area contributed by atoms with Crippen LogP contribution >= 0.6 is 11.3 Å². The SMILES string of the molecule is CCOC(=O)c1c(-c2ccc(F)cc2)csc1NC1=NS(=O)(=O)c2ccccc21. The third-order valence-corrected chi connectivity index (χ3v) is 6.52. The van der Waals surface area contributed by atoms with Crippen molar-refractivity contribution in [2.45, 2.75) is 11.8 Å². The zero-order chi connectivity index (χ0) is 20.6. The largest absolute Gasteiger partial charge is 0.462 e. The molecule has 3 aromatic rings. The lowest BCUT2D eigenvalue weighted by Gasteiger charge is -2.09. The lowest BCUT2D eigenvalue weighted by atomic mass is 10.0. The molecular weight excluding hydrogens is 415 g/mol. The van der Waals surface area contributed by atoms with Gasteiger partial charge in [0.1, 0.15) is 21.3 Å². The highest BCUT2D eigenvalue weighted by atomic mass is 32.2. The topological polar surface area (TPSA) is 84.8 Å². The van der Waals surface area contributed by atoms with Crippen LogP contribution in [0.3, 0.4) is 0 Å². The van der Waals surface area contributed by atoms with Crippen molar-refractivity contribution >= 4 is 38.2 Å². The van der Waals surface area contributed by atoms with E-state index in [4.69, 9.17) is 4.74 Å². The van der Waals surface area contributed by atoms with Crippen molar-refractivity contribution in [1.82, 2.24) is 0 Å². The molecule has 0 unspecified atom stereocenters. The average Bonchev–Trinajstić information content (AvgIpc) is 3.22. The van der Waals surface area contributed by atoms with E-state index in [1.807, 2.05) is 0 Å². The second-order valence-corrected chi connectivity index (χ2v) is 8.57. The Morgan fingerprint density at radius 1 is 1.14 bits per heavy atom. The minimum atomic E-state index is -3.80. The average molecular weight is 430 g/mol.